The van der Waals surface area contributed by atoms with Gasteiger partial charge in [-0.15, -0.1) is 12.4 Å². The molecule has 1 amide bonds. The molecule has 37 heavy (non-hydrogen) atoms. The summed E-state index contributed by atoms with van der Waals surface area (Å²) in [7, 11) is 3.09. The molecular formula is C26H30ClF2N5O3. The molecule has 1 saturated heterocycles. The molecule has 0 bridgehead atoms. The third kappa shape index (κ3) is 5.50. The van der Waals surface area contributed by atoms with E-state index in [-0.39, 0.29) is 36.8 Å². The quantitative estimate of drug-likeness (QED) is 0.416. The Hall–Kier alpha value is -3.37. The molecule has 5 rings (SSSR count). The standard InChI is InChI=1S/C26H29F2N5O3.ClH/c1-35-22-8-7-17(11-23(22)36-2)19-12-21(25(27)28)33-24(31-19)13-20(32-33)15-3-5-16(6-4-15)26(34)30-18-9-10-29-14-18;/h3-8,11,13,18-19,21,25,29,31H,9-10,12,14H2,1-2H3,(H,30,34);1H. The van der Waals surface area contributed by atoms with Gasteiger partial charge in [-0.2, -0.15) is 5.10 Å². The number of nitrogens with one attached hydrogen (secondary N) is 3. The lowest BCUT2D eigenvalue weighted by molar-refractivity contribution is 0.0659. The summed E-state index contributed by atoms with van der Waals surface area (Å²) in [5, 5.41) is 14.1. The normalized spacial score (nSPS) is 20.5. The van der Waals surface area contributed by atoms with E-state index >= 15 is 0 Å². The highest BCUT2D eigenvalue weighted by Gasteiger charge is 2.35. The van der Waals surface area contributed by atoms with Gasteiger partial charge in [-0.25, -0.2) is 13.5 Å². The zero-order valence-corrected chi connectivity index (χ0v) is 21.4. The number of methoxy groups -OCH3 is 2. The van der Waals surface area contributed by atoms with Gasteiger partial charge in [-0.05, 0) is 49.2 Å². The van der Waals surface area contributed by atoms with Crippen LogP contribution in [-0.2, 0) is 0 Å². The van der Waals surface area contributed by atoms with Gasteiger partial charge in [0.15, 0.2) is 11.5 Å². The van der Waals surface area contributed by atoms with Crippen molar-refractivity contribution in [3.05, 3.63) is 59.7 Å². The van der Waals surface area contributed by atoms with Crippen molar-refractivity contribution >= 4 is 24.1 Å². The minimum Gasteiger partial charge on any atom is -0.493 e. The number of nitrogens with zero attached hydrogens (tertiary/aromatic N) is 2. The first-order chi connectivity index (χ1) is 17.5. The van der Waals surface area contributed by atoms with Crippen molar-refractivity contribution in [3.63, 3.8) is 0 Å². The number of hydrogen-bond donors (Lipinski definition) is 3. The van der Waals surface area contributed by atoms with Crippen LogP contribution in [0.5, 0.6) is 11.5 Å². The Morgan fingerprint density at radius 2 is 1.86 bits per heavy atom. The average molecular weight is 534 g/mol. The number of rotatable bonds is 7. The van der Waals surface area contributed by atoms with Gasteiger partial charge in [0.25, 0.3) is 12.3 Å². The number of carbonyl (C=O) groups is 1. The zero-order chi connectivity index (χ0) is 25.2. The van der Waals surface area contributed by atoms with E-state index in [1.54, 1.807) is 56.7 Å². The maximum Gasteiger partial charge on any atom is 0.260 e. The van der Waals surface area contributed by atoms with Crippen LogP contribution >= 0.6 is 12.4 Å². The number of anilines is 1. The molecule has 0 saturated carbocycles. The van der Waals surface area contributed by atoms with E-state index in [0.29, 0.717) is 28.6 Å². The molecular weight excluding hydrogens is 504 g/mol. The fourth-order valence-electron chi connectivity index (χ4n) is 4.81. The number of fused-ring (bicyclic) bond motifs is 1. The van der Waals surface area contributed by atoms with Crippen molar-refractivity contribution in [2.24, 2.45) is 0 Å². The highest BCUT2D eigenvalue weighted by molar-refractivity contribution is 5.94. The van der Waals surface area contributed by atoms with Gasteiger partial charge in [0.1, 0.15) is 11.9 Å². The van der Waals surface area contributed by atoms with Crippen molar-refractivity contribution in [1.29, 1.82) is 0 Å². The number of hydrogen-bond acceptors (Lipinski definition) is 6. The van der Waals surface area contributed by atoms with Gasteiger partial charge >= 0.3 is 0 Å². The third-order valence-corrected chi connectivity index (χ3v) is 6.79. The lowest BCUT2D eigenvalue weighted by Crippen LogP contribution is -2.36. The minimum atomic E-state index is -2.59. The van der Waals surface area contributed by atoms with Crippen LogP contribution in [0.2, 0.25) is 0 Å². The summed E-state index contributed by atoms with van der Waals surface area (Å²) in [6.07, 6.45) is -1.51. The molecule has 0 aliphatic carbocycles. The van der Waals surface area contributed by atoms with Crippen molar-refractivity contribution in [3.8, 4) is 22.8 Å². The molecule has 0 radical (unpaired) electrons. The Morgan fingerprint density at radius 3 is 2.51 bits per heavy atom. The fourth-order valence-corrected chi connectivity index (χ4v) is 4.81. The molecule has 3 unspecified atom stereocenters. The monoisotopic (exact) mass is 533 g/mol. The van der Waals surface area contributed by atoms with Gasteiger partial charge in [0.05, 0.1) is 26.0 Å². The average Bonchev–Trinajstić information content (AvgIpc) is 3.57. The molecule has 1 aromatic heterocycles. The van der Waals surface area contributed by atoms with E-state index in [4.69, 9.17) is 9.47 Å². The van der Waals surface area contributed by atoms with Gasteiger partial charge in [-0.3, -0.25) is 4.79 Å². The minimum absolute atomic E-state index is 0. The van der Waals surface area contributed by atoms with Crippen LogP contribution in [0.15, 0.2) is 48.5 Å². The van der Waals surface area contributed by atoms with Crippen LogP contribution < -0.4 is 25.4 Å². The number of aromatic nitrogens is 2. The van der Waals surface area contributed by atoms with E-state index < -0.39 is 12.5 Å². The first kappa shape index (κ1) is 26.7. The predicted molar refractivity (Wildman–Crippen MR) is 139 cm³/mol. The topological polar surface area (TPSA) is 89.4 Å². The molecule has 3 aromatic rings. The van der Waals surface area contributed by atoms with Gasteiger partial charge in [-0.1, -0.05) is 18.2 Å². The summed E-state index contributed by atoms with van der Waals surface area (Å²) in [6, 6.07) is 12.9. The van der Waals surface area contributed by atoms with E-state index in [1.807, 2.05) is 6.07 Å². The summed E-state index contributed by atoms with van der Waals surface area (Å²) in [5.74, 6) is 1.50. The van der Waals surface area contributed by atoms with Crippen LogP contribution in [0.25, 0.3) is 11.3 Å². The van der Waals surface area contributed by atoms with E-state index in [2.05, 4.69) is 21.0 Å². The Balaban J connectivity index is 0.00000320. The Labute approximate surface area is 220 Å². The van der Waals surface area contributed by atoms with Gasteiger partial charge < -0.3 is 25.4 Å². The highest BCUT2D eigenvalue weighted by atomic mass is 35.5. The van der Waals surface area contributed by atoms with E-state index in [0.717, 1.165) is 30.6 Å². The summed E-state index contributed by atoms with van der Waals surface area (Å²) in [5.41, 5.74) is 2.67. The van der Waals surface area contributed by atoms with E-state index in [1.165, 1.54) is 4.68 Å². The van der Waals surface area contributed by atoms with Crippen LogP contribution in [0, 0.1) is 0 Å². The first-order valence-corrected chi connectivity index (χ1v) is 11.9. The molecule has 198 valence electrons. The fraction of sp³-hybridized carbons (Fsp3) is 0.385. The summed E-state index contributed by atoms with van der Waals surface area (Å²) >= 11 is 0. The molecule has 2 aromatic carbocycles. The van der Waals surface area contributed by atoms with Gasteiger partial charge in [0.2, 0.25) is 0 Å². The number of carbonyl (C=O) groups excluding carboxylic acids is 1. The molecule has 3 N–H and O–H groups in total. The van der Waals surface area contributed by atoms with Crippen LogP contribution in [0.3, 0.4) is 0 Å². The molecule has 0 spiro atoms. The number of benzene rings is 2. The van der Waals surface area contributed by atoms with E-state index in [9.17, 15) is 13.6 Å². The smallest absolute Gasteiger partial charge is 0.260 e. The van der Waals surface area contributed by atoms with Crippen molar-refractivity contribution < 1.29 is 23.0 Å². The number of halogens is 3. The Bertz CT molecular complexity index is 1230. The molecule has 1 fully saturated rings. The van der Waals surface area contributed by atoms with Crippen molar-refractivity contribution in [1.82, 2.24) is 20.4 Å². The number of amides is 1. The molecule has 11 heteroatoms. The SMILES string of the molecule is COc1ccc(C2CC(C(F)F)n3nc(-c4ccc(C(=O)NC5CCNC5)cc4)cc3N2)cc1OC.Cl. The highest BCUT2D eigenvalue weighted by Crippen LogP contribution is 2.41. The van der Waals surface area contributed by atoms with Crippen LogP contribution in [0.1, 0.15) is 40.8 Å². The summed E-state index contributed by atoms with van der Waals surface area (Å²) in [6.45, 7) is 1.67. The summed E-state index contributed by atoms with van der Waals surface area (Å²) in [4.78, 5) is 12.5. The second-order valence-corrected chi connectivity index (χ2v) is 9.05. The molecule has 8 nitrogen and oxygen atoms in total. The largest absolute Gasteiger partial charge is 0.493 e. The predicted octanol–water partition coefficient (Wildman–Crippen LogP) is 4.44. The Morgan fingerprint density at radius 1 is 1.11 bits per heavy atom. The maximum absolute atomic E-state index is 14.1. The molecule has 3 atom stereocenters. The molecule has 2 aliphatic heterocycles. The molecule has 3 heterocycles. The van der Waals surface area contributed by atoms with Crippen LogP contribution in [-0.4, -0.2) is 55.5 Å². The lowest BCUT2D eigenvalue weighted by atomic mass is 9.97. The maximum atomic E-state index is 14.1. The number of alkyl halides is 2. The van der Waals surface area contributed by atoms with Gasteiger partial charge in [0, 0.05) is 29.8 Å². The Kier molecular flexibility index (Phi) is 8.19. The lowest BCUT2D eigenvalue weighted by Gasteiger charge is -2.32. The molecule has 2 aliphatic rings. The second kappa shape index (κ2) is 11.4. The zero-order valence-electron chi connectivity index (χ0n) is 20.5. The number of ether oxygens (including phenoxy) is 2. The third-order valence-electron chi connectivity index (χ3n) is 6.79. The first-order valence-electron chi connectivity index (χ1n) is 11.9. The van der Waals surface area contributed by atoms with Crippen LogP contribution in [0.4, 0.5) is 14.6 Å². The van der Waals surface area contributed by atoms with Crippen molar-refractivity contribution in [2.75, 3.05) is 32.6 Å². The van der Waals surface area contributed by atoms with Crippen molar-refractivity contribution in [2.45, 2.75) is 37.4 Å². The summed E-state index contributed by atoms with van der Waals surface area (Å²) < 4.78 is 40.2. The second-order valence-electron chi connectivity index (χ2n) is 9.05.